The fourth-order valence-electron chi connectivity index (χ4n) is 1.63. The van der Waals surface area contributed by atoms with Crippen LogP contribution in [0, 0.1) is 0 Å². The number of amides is 2. The van der Waals surface area contributed by atoms with Gasteiger partial charge in [-0.2, -0.15) is 4.98 Å². The van der Waals surface area contributed by atoms with E-state index in [2.05, 4.69) is 15.5 Å². The molecule has 1 saturated heterocycles. The van der Waals surface area contributed by atoms with E-state index in [1.165, 1.54) is 0 Å². The normalized spacial score (nSPS) is 15.5. The van der Waals surface area contributed by atoms with E-state index in [-0.39, 0.29) is 16.6 Å². The van der Waals surface area contributed by atoms with Crippen LogP contribution in [0.3, 0.4) is 0 Å². The molecule has 0 aliphatic carbocycles. The van der Waals surface area contributed by atoms with Gasteiger partial charge in [0.05, 0.1) is 0 Å². The van der Waals surface area contributed by atoms with Crippen molar-refractivity contribution in [3.05, 3.63) is 10.6 Å². The van der Waals surface area contributed by atoms with Crippen molar-refractivity contribution in [1.82, 2.24) is 24.7 Å². The zero-order chi connectivity index (χ0) is 14.0. The lowest BCUT2D eigenvalue weighted by atomic mass is 10.3. The van der Waals surface area contributed by atoms with Gasteiger partial charge in [-0.3, -0.25) is 0 Å². The number of nitrogens with one attached hydrogen (secondary N) is 1. The first-order valence-electron chi connectivity index (χ1n) is 5.36. The smallest absolute Gasteiger partial charge is 0.338 e. The van der Waals surface area contributed by atoms with Crippen LogP contribution in [-0.4, -0.2) is 62.0 Å². The van der Waals surface area contributed by atoms with Crippen molar-refractivity contribution in [3.63, 3.8) is 0 Å². The molecule has 1 aliphatic heterocycles. The molecule has 0 bridgehead atoms. The molecule has 0 unspecified atom stereocenters. The van der Waals surface area contributed by atoms with Gasteiger partial charge in [0.2, 0.25) is 10.6 Å². The van der Waals surface area contributed by atoms with E-state index in [0.717, 1.165) is 4.79 Å². The van der Waals surface area contributed by atoms with E-state index in [1.807, 2.05) is 4.90 Å². The van der Waals surface area contributed by atoms with Crippen LogP contribution in [0.15, 0.2) is 0 Å². The Balaban J connectivity index is 1.91. The number of nitrogens with two attached hydrogens (primary N) is 1. The highest BCUT2D eigenvalue weighted by molar-refractivity contribution is 7.80. The molecular weight excluding hydrogens is 313 g/mol. The highest BCUT2D eigenvalue weighted by Crippen LogP contribution is 2.08. The van der Waals surface area contributed by atoms with Gasteiger partial charge in [0, 0.05) is 26.2 Å². The summed E-state index contributed by atoms with van der Waals surface area (Å²) in [4.78, 5) is 20.0. The minimum absolute atomic E-state index is 0.0138. The molecule has 0 saturated carbocycles. The van der Waals surface area contributed by atoms with Crippen LogP contribution in [0.5, 0.6) is 0 Å². The summed E-state index contributed by atoms with van der Waals surface area (Å²) in [5.41, 5.74) is 7.99. The Morgan fingerprint density at radius 3 is 2.32 bits per heavy atom. The van der Waals surface area contributed by atoms with Gasteiger partial charge in [-0.25, -0.2) is 10.2 Å². The fourth-order valence-corrected chi connectivity index (χ4v) is 2.17. The second-order valence-electron chi connectivity index (χ2n) is 3.79. The van der Waals surface area contributed by atoms with Crippen LogP contribution < -0.4 is 11.2 Å². The van der Waals surface area contributed by atoms with E-state index < -0.39 is 0 Å². The van der Waals surface area contributed by atoms with Gasteiger partial charge < -0.3 is 15.5 Å². The lowest BCUT2D eigenvalue weighted by Crippen LogP contribution is -2.53. The Morgan fingerprint density at radius 2 is 1.84 bits per heavy atom. The molecule has 3 N–H and O–H groups in total. The third kappa shape index (κ3) is 3.37. The van der Waals surface area contributed by atoms with Crippen LogP contribution in [0.25, 0.3) is 0 Å². The summed E-state index contributed by atoms with van der Waals surface area (Å²) in [5.74, 6) is 0. The van der Waals surface area contributed by atoms with Crippen molar-refractivity contribution >= 4 is 46.6 Å². The van der Waals surface area contributed by atoms with Crippen molar-refractivity contribution in [3.8, 4) is 0 Å². The number of thiocarbonyl (C=S) groups is 1. The molecule has 0 atom stereocenters. The maximum atomic E-state index is 11.9. The van der Waals surface area contributed by atoms with Gasteiger partial charge in [-0.1, -0.05) is 0 Å². The molecule has 0 radical (unpaired) electrons. The lowest BCUT2D eigenvalue weighted by Gasteiger charge is -2.34. The zero-order valence-corrected chi connectivity index (χ0v) is 12.0. The van der Waals surface area contributed by atoms with E-state index in [4.69, 9.17) is 41.2 Å². The average Bonchev–Trinajstić information content (AvgIpc) is 2.68. The molecule has 0 spiro atoms. The molecular formula is C8H11Cl2N7OS. The number of piperazine rings is 1. The first-order chi connectivity index (χ1) is 8.97. The Hall–Kier alpha value is -1.32. The van der Waals surface area contributed by atoms with Crippen molar-refractivity contribution in [2.45, 2.75) is 0 Å². The maximum absolute atomic E-state index is 11.9. The second-order valence-corrected chi connectivity index (χ2v) is 4.89. The number of rotatable bonds is 1. The molecule has 1 aliphatic rings. The van der Waals surface area contributed by atoms with E-state index >= 15 is 0 Å². The van der Waals surface area contributed by atoms with E-state index in [1.54, 1.807) is 4.90 Å². The van der Waals surface area contributed by atoms with E-state index in [9.17, 15) is 4.79 Å². The van der Waals surface area contributed by atoms with Crippen LogP contribution in [0.2, 0.25) is 10.6 Å². The topological polar surface area (TPSA) is 92.3 Å². The molecule has 2 rings (SSSR count). The largest absolute Gasteiger partial charge is 0.376 e. The predicted molar refractivity (Wildman–Crippen MR) is 74.7 cm³/mol. The first kappa shape index (κ1) is 14.1. The quantitative estimate of drug-likeness (QED) is 0.713. The number of carbonyl (C=O) groups excluding carboxylic acids is 1. The summed E-state index contributed by atoms with van der Waals surface area (Å²) in [6.07, 6.45) is 0. The van der Waals surface area contributed by atoms with Crippen LogP contribution >= 0.6 is 35.4 Å². The third-order valence-corrected chi connectivity index (χ3v) is 3.28. The molecule has 0 aromatic carbocycles. The monoisotopic (exact) mass is 323 g/mol. The molecule has 104 valence electrons. The third-order valence-electron chi connectivity index (χ3n) is 2.62. The molecule has 2 heterocycles. The van der Waals surface area contributed by atoms with Gasteiger partial charge in [0.1, 0.15) is 0 Å². The summed E-state index contributed by atoms with van der Waals surface area (Å²) in [7, 11) is 0. The number of aromatic nitrogens is 3. The minimum atomic E-state index is -0.342. The molecule has 1 aromatic heterocycles. The summed E-state index contributed by atoms with van der Waals surface area (Å²) >= 11 is 16.2. The Bertz CT molecular complexity index is 499. The summed E-state index contributed by atoms with van der Waals surface area (Å²) < 4.78 is 0. The minimum Gasteiger partial charge on any atom is -0.376 e. The Kier molecular flexibility index (Phi) is 4.27. The SMILES string of the molecule is NC(=S)N1CCN(C(=O)Nn2nc(Cl)nc2Cl)CC1. The molecule has 1 aromatic rings. The van der Waals surface area contributed by atoms with Gasteiger partial charge in [0.25, 0.3) is 0 Å². The van der Waals surface area contributed by atoms with Gasteiger partial charge >= 0.3 is 6.03 Å². The average molecular weight is 324 g/mol. The van der Waals surface area contributed by atoms with Crippen LogP contribution in [0.4, 0.5) is 4.79 Å². The van der Waals surface area contributed by atoms with Crippen molar-refractivity contribution < 1.29 is 4.79 Å². The molecule has 1 fully saturated rings. The number of nitrogens with zero attached hydrogens (tertiary/aromatic N) is 5. The van der Waals surface area contributed by atoms with Crippen LogP contribution in [0.1, 0.15) is 0 Å². The van der Waals surface area contributed by atoms with Gasteiger partial charge in [0.15, 0.2) is 5.11 Å². The van der Waals surface area contributed by atoms with Gasteiger partial charge in [-0.05, 0) is 35.4 Å². The second kappa shape index (κ2) is 5.76. The highest BCUT2D eigenvalue weighted by atomic mass is 35.5. The Labute approximate surface area is 124 Å². The molecule has 11 heteroatoms. The predicted octanol–water partition coefficient (Wildman–Crippen LogP) is 0.110. The van der Waals surface area contributed by atoms with Crippen molar-refractivity contribution in [2.75, 3.05) is 31.6 Å². The van der Waals surface area contributed by atoms with Gasteiger partial charge in [-0.15, -0.1) is 9.89 Å². The van der Waals surface area contributed by atoms with Crippen molar-refractivity contribution in [2.24, 2.45) is 5.73 Å². The number of urea groups is 1. The van der Waals surface area contributed by atoms with E-state index in [0.29, 0.717) is 31.3 Å². The highest BCUT2D eigenvalue weighted by Gasteiger charge is 2.22. The first-order valence-corrected chi connectivity index (χ1v) is 6.52. The summed E-state index contributed by atoms with van der Waals surface area (Å²) in [6, 6.07) is -0.342. The number of hydrogen-bond donors (Lipinski definition) is 2. The Morgan fingerprint density at radius 1 is 1.26 bits per heavy atom. The molecule has 8 nitrogen and oxygen atoms in total. The zero-order valence-electron chi connectivity index (χ0n) is 9.71. The lowest BCUT2D eigenvalue weighted by molar-refractivity contribution is 0.178. The molecule has 2 amide bonds. The molecule has 19 heavy (non-hydrogen) atoms. The van der Waals surface area contributed by atoms with Crippen molar-refractivity contribution in [1.29, 1.82) is 0 Å². The maximum Gasteiger partial charge on any atom is 0.338 e. The standard InChI is InChI=1S/C8H11Cl2N7OS/c9-5-12-6(10)17(13-5)14-8(18)16-3-1-15(2-4-16)7(11)19/h1-4H2,(H2,11,19)(H,14,18). The number of hydrogen-bond acceptors (Lipinski definition) is 4. The van der Waals surface area contributed by atoms with Crippen LogP contribution in [-0.2, 0) is 0 Å². The number of halogens is 2. The fraction of sp³-hybridized carbons (Fsp3) is 0.500. The summed E-state index contributed by atoms with van der Waals surface area (Å²) in [5, 5.41) is 4.00. The summed E-state index contributed by atoms with van der Waals surface area (Å²) in [6.45, 7) is 2.19. The number of carbonyl (C=O) groups is 1.